The summed E-state index contributed by atoms with van der Waals surface area (Å²) in [4.78, 5) is 27.6. The van der Waals surface area contributed by atoms with E-state index in [1.54, 1.807) is 12.1 Å². The molecular formula is C34H50NO8+. The Kier molecular flexibility index (Phi) is 13.9. The maximum atomic E-state index is 13.8. The molecule has 1 aliphatic carbocycles. The Labute approximate surface area is 256 Å². The quantitative estimate of drug-likeness (QED) is 0.131. The zero-order valence-electron chi connectivity index (χ0n) is 26.7. The second-order valence-corrected chi connectivity index (χ2v) is 11.4. The van der Waals surface area contributed by atoms with E-state index < -0.39 is 0 Å². The number of rotatable bonds is 21. The number of carbonyl (C=O) groups excluding carboxylic acids is 2. The lowest BCUT2D eigenvalue weighted by molar-refractivity contribution is -0.923. The van der Waals surface area contributed by atoms with Gasteiger partial charge in [0, 0.05) is 22.8 Å². The summed E-state index contributed by atoms with van der Waals surface area (Å²) >= 11 is 0. The van der Waals surface area contributed by atoms with Gasteiger partial charge in [-0.15, -0.1) is 0 Å². The van der Waals surface area contributed by atoms with Crippen LogP contribution in [0.4, 0.5) is 0 Å². The molecule has 0 radical (unpaired) electrons. The zero-order chi connectivity index (χ0) is 31.2. The molecule has 9 heteroatoms. The number of aliphatic hydroxyl groups excluding tert-OH is 1. The number of nitrogens with zero attached hydrogens (tertiary/aromatic N) is 1. The predicted octanol–water partition coefficient (Wildman–Crippen LogP) is 5.21. The maximum absolute atomic E-state index is 13.8. The van der Waals surface area contributed by atoms with Crippen molar-refractivity contribution in [3.63, 3.8) is 0 Å². The van der Waals surface area contributed by atoms with E-state index in [0.717, 1.165) is 29.6 Å². The van der Waals surface area contributed by atoms with Gasteiger partial charge in [-0.1, -0.05) is 39.0 Å². The Morgan fingerprint density at radius 2 is 1.28 bits per heavy atom. The summed E-state index contributed by atoms with van der Waals surface area (Å²) in [5, 5.41) is 8.89. The molecule has 0 aliphatic heterocycles. The molecule has 1 N–H and O–H groups in total. The second-order valence-electron chi connectivity index (χ2n) is 11.4. The topological polar surface area (TPSA) is 101 Å². The summed E-state index contributed by atoms with van der Waals surface area (Å²) in [6, 6.07) is 6.94. The largest absolute Gasteiger partial charge is 0.497 e. The first-order valence-electron chi connectivity index (χ1n) is 15.5. The molecule has 2 aromatic rings. The van der Waals surface area contributed by atoms with Gasteiger partial charge in [-0.25, -0.2) is 0 Å². The fourth-order valence-corrected chi connectivity index (χ4v) is 5.72. The van der Waals surface area contributed by atoms with Crippen LogP contribution in [0.25, 0.3) is 0 Å². The fraction of sp³-hybridized carbons (Fsp3) is 0.588. The second kappa shape index (κ2) is 17.3. The van der Waals surface area contributed by atoms with Crippen LogP contribution in [0.5, 0.6) is 17.2 Å². The van der Waals surface area contributed by atoms with Gasteiger partial charge in [-0.05, 0) is 31.0 Å². The normalized spacial score (nSPS) is 13.8. The summed E-state index contributed by atoms with van der Waals surface area (Å²) in [5.41, 5.74) is 2.02. The molecule has 3 rings (SSSR count). The number of unbranched alkanes of at least 4 members (excludes halogenated alkanes) is 6. The van der Waals surface area contributed by atoms with E-state index in [0.29, 0.717) is 55.8 Å². The van der Waals surface area contributed by atoms with Gasteiger partial charge in [-0.3, -0.25) is 9.59 Å². The number of quaternary nitrogens is 1. The number of ether oxygens (including phenoxy) is 5. The van der Waals surface area contributed by atoms with Crippen molar-refractivity contribution in [2.24, 2.45) is 0 Å². The third-order valence-corrected chi connectivity index (χ3v) is 8.11. The van der Waals surface area contributed by atoms with Crippen molar-refractivity contribution < 1.29 is 42.9 Å². The third kappa shape index (κ3) is 9.25. The molecule has 0 spiro atoms. The van der Waals surface area contributed by atoms with Crippen LogP contribution in [0.1, 0.15) is 89.3 Å². The minimum absolute atomic E-state index is 0.00157. The van der Waals surface area contributed by atoms with E-state index >= 15 is 0 Å². The molecule has 0 saturated carbocycles. The molecule has 1 atom stereocenters. The number of methoxy groups -OCH3 is 3. The molecule has 9 nitrogen and oxygen atoms in total. The summed E-state index contributed by atoms with van der Waals surface area (Å²) in [6.07, 6.45) is 8.59. The van der Waals surface area contributed by atoms with Crippen molar-refractivity contribution in [1.29, 1.82) is 0 Å². The summed E-state index contributed by atoms with van der Waals surface area (Å²) < 4.78 is 28.5. The molecule has 2 aromatic carbocycles. The Bertz CT molecular complexity index is 1190. The van der Waals surface area contributed by atoms with Gasteiger partial charge >= 0.3 is 0 Å². The van der Waals surface area contributed by atoms with E-state index in [4.69, 9.17) is 28.8 Å². The standard InChI is InChI=1S/C34H50NO8/c1-6-7-8-9-10-11-12-13-35(2,14-16-42-18-19-43-17-15-36)24-25-20-27-31(29(21-25)40-4)34(38)32-28(33(27)37)22-26(39-3)23-30(32)41-5/h20-23,36H,6-19,24H2,1-5H3/q+1. The van der Waals surface area contributed by atoms with Gasteiger partial charge < -0.3 is 33.3 Å². The van der Waals surface area contributed by atoms with Crippen LogP contribution >= 0.6 is 0 Å². The van der Waals surface area contributed by atoms with Gasteiger partial charge in [0.1, 0.15) is 30.3 Å². The van der Waals surface area contributed by atoms with Crippen molar-refractivity contribution in [2.75, 3.05) is 74.5 Å². The van der Waals surface area contributed by atoms with Crippen molar-refractivity contribution in [3.8, 4) is 17.2 Å². The van der Waals surface area contributed by atoms with Gasteiger partial charge in [0.15, 0.2) is 5.78 Å². The fourth-order valence-electron chi connectivity index (χ4n) is 5.72. The molecule has 238 valence electrons. The van der Waals surface area contributed by atoms with E-state index in [-0.39, 0.29) is 34.9 Å². The highest BCUT2D eigenvalue weighted by atomic mass is 16.5. The Morgan fingerprint density at radius 1 is 0.674 bits per heavy atom. The highest BCUT2D eigenvalue weighted by molar-refractivity contribution is 6.30. The number of benzene rings is 2. The maximum Gasteiger partial charge on any atom is 0.201 e. The molecule has 43 heavy (non-hydrogen) atoms. The van der Waals surface area contributed by atoms with Crippen LogP contribution in [0.15, 0.2) is 24.3 Å². The van der Waals surface area contributed by atoms with E-state index in [9.17, 15) is 9.59 Å². The molecule has 0 saturated heterocycles. The number of aliphatic hydroxyl groups is 1. The Morgan fingerprint density at radius 3 is 1.91 bits per heavy atom. The first kappa shape index (κ1) is 34.5. The van der Waals surface area contributed by atoms with Gasteiger partial charge in [0.05, 0.1) is 79.1 Å². The minimum atomic E-state index is -0.301. The summed E-state index contributed by atoms with van der Waals surface area (Å²) in [6.45, 7) is 6.39. The van der Waals surface area contributed by atoms with Crippen molar-refractivity contribution in [3.05, 3.63) is 52.1 Å². The minimum Gasteiger partial charge on any atom is -0.497 e. The summed E-state index contributed by atoms with van der Waals surface area (Å²) in [7, 11) is 6.73. The van der Waals surface area contributed by atoms with Crippen LogP contribution in [-0.4, -0.2) is 95.7 Å². The lowest BCUT2D eigenvalue weighted by atomic mass is 9.82. The molecule has 1 aliphatic rings. The summed E-state index contributed by atoms with van der Waals surface area (Å²) in [5.74, 6) is 0.572. The highest BCUT2D eigenvalue weighted by Gasteiger charge is 2.36. The lowest BCUT2D eigenvalue weighted by Crippen LogP contribution is -2.46. The van der Waals surface area contributed by atoms with Crippen molar-refractivity contribution in [1.82, 2.24) is 0 Å². The number of likely N-dealkylation sites (N-methyl/N-ethyl adjacent to an activating group) is 1. The van der Waals surface area contributed by atoms with Crippen LogP contribution in [-0.2, 0) is 16.0 Å². The van der Waals surface area contributed by atoms with E-state index in [1.807, 2.05) is 12.1 Å². The lowest BCUT2D eigenvalue weighted by Gasteiger charge is -2.35. The zero-order valence-corrected chi connectivity index (χ0v) is 26.7. The molecule has 0 amide bonds. The number of ketones is 2. The monoisotopic (exact) mass is 600 g/mol. The average Bonchev–Trinajstić information content (AvgIpc) is 3.01. The smallest absolute Gasteiger partial charge is 0.201 e. The number of carbonyl (C=O) groups is 2. The van der Waals surface area contributed by atoms with Crippen LogP contribution < -0.4 is 14.2 Å². The predicted molar refractivity (Wildman–Crippen MR) is 166 cm³/mol. The number of fused-ring (bicyclic) bond motifs is 2. The molecule has 0 fully saturated rings. The molecule has 1 unspecified atom stereocenters. The first-order valence-corrected chi connectivity index (χ1v) is 15.5. The van der Waals surface area contributed by atoms with Crippen molar-refractivity contribution in [2.45, 2.75) is 58.4 Å². The molecule has 0 aromatic heterocycles. The Balaban J connectivity index is 1.84. The van der Waals surface area contributed by atoms with Crippen LogP contribution in [0.3, 0.4) is 0 Å². The first-order chi connectivity index (χ1) is 20.8. The number of hydrogen-bond acceptors (Lipinski definition) is 8. The molecule has 0 bridgehead atoms. The van der Waals surface area contributed by atoms with Gasteiger partial charge in [-0.2, -0.15) is 0 Å². The highest BCUT2D eigenvalue weighted by Crippen LogP contribution is 2.40. The van der Waals surface area contributed by atoms with E-state index in [1.165, 1.54) is 59.9 Å². The van der Waals surface area contributed by atoms with Crippen molar-refractivity contribution >= 4 is 11.6 Å². The number of hydrogen-bond donors (Lipinski definition) is 1. The molecular weight excluding hydrogens is 550 g/mol. The van der Waals surface area contributed by atoms with Gasteiger partial charge in [0.2, 0.25) is 5.78 Å². The van der Waals surface area contributed by atoms with Crippen LogP contribution in [0.2, 0.25) is 0 Å². The SMILES string of the molecule is CCCCCCCCC[N+](C)(CCOCCOCCO)Cc1cc(OC)c2c(c1)C(=O)c1cc(OC)cc(OC)c1C2=O. The van der Waals surface area contributed by atoms with E-state index in [2.05, 4.69) is 14.0 Å². The average molecular weight is 601 g/mol. The Hall–Kier alpha value is -2.98. The van der Waals surface area contributed by atoms with Gasteiger partial charge in [0.25, 0.3) is 0 Å². The third-order valence-electron chi connectivity index (χ3n) is 8.11. The van der Waals surface area contributed by atoms with Crippen LogP contribution in [0, 0.1) is 0 Å². The molecule has 0 heterocycles.